The second-order valence-electron chi connectivity index (χ2n) is 5.48. The zero-order chi connectivity index (χ0) is 15.1. The molecule has 0 bridgehead atoms. The second-order valence-corrected chi connectivity index (χ2v) is 5.48. The molecule has 1 amide bonds. The Bertz CT molecular complexity index is 511. The zero-order valence-electron chi connectivity index (χ0n) is 12.8. The van der Waals surface area contributed by atoms with Gasteiger partial charge < -0.3 is 15.4 Å². The van der Waals surface area contributed by atoms with E-state index < -0.39 is 0 Å². The Morgan fingerprint density at radius 2 is 2.33 bits per heavy atom. The summed E-state index contributed by atoms with van der Waals surface area (Å²) in [5.41, 5.74) is 2.45. The summed E-state index contributed by atoms with van der Waals surface area (Å²) in [6.45, 7) is 4.65. The van der Waals surface area contributed by atoms with E-state index in [1.165, 1.54) is 5.57 Å². The van der Waals surface area contributed by atoms with Gasteiger partial charge in [-0.15, -0.1) is 0 Å². The van der Waals surface area contributed by atoms with Crippen LogP contribution in [-0.4, -0.2) is 32.7 Å². The van der Waals surface area contributed by atoms with Crippen LogP contribution >= 0.6 is 0 Å². The second kappa shape index (κ2) is 7.84. The molecule has 1 aromatic carbocycles. The van der Waals surface area contributed by atoms with Crippen molar-refractivity contribution < 1.29 is 9.53 Å². The Kier molecular flexibility index (Phi) is 5.81. The lowest BCUT2D eigenvalue weighted by Gasteiger charge is -2.16. The van der Waals surface area contributed by atoms with Gasteiger partial charge in [-0.2, -0.15) is 0 Å². The van der Waals surface area contributed by atoms with Crippen molar-refractivity contribution in [2.24, 2.45) is 0 Å². The van der Waals surface area contributed by atoms with Crippen molar-refractivity contribution in [3.05, 3.63) is 41.5 Å². The predicted molar refractivity (Wildman–Crippen MR) is 84.6 cm³/mol. The Morgan fingerprint density at radius 1 is 1.48 bits per heavy atom. The van der Waals surface area contributed by atoms with Crippen molar-refractivity contribution in [1.82, 2.24) is 10.6 Å². The lowest BCUT2D eigenvalue weighted by molar-refractivity contribution is -0.121. The summed E-state index contributed by atoms with van der Waals surface area (Å²) in [6, 6.07) is 7.91. The molecule has 1 atom stereocenters. The Hall–Kier alpha value is -1.81. The van der Waals surface area contributed by atoms with E-state index in [4.69, 9.17) is 4.74 Å². The molecule has 1 heterocycles. The van der Waals surface area contributed by atoms with Crippen LogP contribution in [0.15, 0.2) is 35.9 Å². The average Bonchev–Trinajstić information content (AvgIpc) is 2.54. The Labute approximate surface area is 126 Å². The minimum atomic E-state index is 0.102. The van der Waals surface area contributed by atoms with E-state index >= 15 is 0 Å². The van der Waals surface area contributed by atoms with Crippen LogP contribution in [0.5, 0.6) is 5.75 Å². The van der Waals surface area contributed by atoms with Crippen LogP contribution in [0.1, 0.15) is 31.2 Å². The van der Waals surface area contributed by atoms with Crippen molar-refractivity contribution in [3.63, 3.8) is 0 Å². The summed E-state index contributed by atoms with van der Waals surface area (Å²) < 4.78 is 5.22. The standard InChI is InChI=1S/C17H24N2O2/c1-13(15-4-3-5-16(11-15)21-2)10-17(20)19-12-14-6-8-18-9-7-14/h3-6,11,13,18H,7-10,12H2,1-2H3,(H,19,20). The topological polar surface area (TPSA) is 50.4 Å². The maximum absolute atomic E-state index is 12.0. The molecular weight excluding hydrogens is 264 g/mol. The molecule has 0 spiro atoms. The molecule has 0 aromatic heterocycles. The van der Waals surface area contributed by atoms with Crippen molar-refractivity contribution >= 4 is 5.91 Å². The van der Waals surface area contributed by atoms with Gasteiger partial charge >= 0.3 is 0 Å². The van der Waals surface area contributed by atoms with Crippen LogP contribution < -0.4 is 15.4 Å². The lowest BCUT2D eigenvalue weighted by Crippen LogP contribution is -2.30. The summed E-state index contributed by atoms with van der Waals surface area (Å²) in [7, 11) is 1.66. The number of rotatable bonds is 6. The average molecular weight is 288 g/mol. The SMILES string of the molecule is COc1cccc(C(C)CC(=O)NCC2=CCNCC2)c1. The van der Waals surface area contributed by atoms with Crippen LogP contribution in [-0.2, 0) is 4.79 Å². The number of nitrogens with one attached hydrogen (secondary N) is 2. The fourth-order valence-electron chi connectivity index (χ4n) is 2.46. The van der Waals surface area contributed by atoms with Crippen molar-refractivity contribution in [2.75, 3.05) is 26.7 Å². The molecule has 4 heteroatoms. The zero-order valence-corrected chi connectivity index (χ0v) is 12.8. The number of hydrogen-bond acceptors (Lipinski definition) is 3. The first-order valence-electron chi connectivity index (χ1n) is 7.48. The number of carbonyl (C=O) groups is 1. The minimum Gasteiger partial charge on any atom is -0.497 e. The molecule has 0 saturated carbocycles. The van der Waals surface area contributed by atoms with Crippen molar-refractivity contribution in [1.29, 1.82) is 0 Å². The molecule has 0 fully saturated rings. The third-order valence-electron chi connectivity index (χ3n) is 3.82. The van der Waals surface area contributed by atoms with Gasteiger partial charge in [0, 0.05) is 19.5 Å². The Balaban J connectivity index is 1.82. The Morgan fingerprint density at radius 3 is 3.05 bits per heavy atom. The van der Waals surface area contributed by atoms with E-state index in [9.17, 15) is 4.79 Å². The van der Waals surface area contributed by atoms with E-state index in [1.807, 2.05) is 24.3 Å². The van der Waals surface area contributed by atoms with Gasteiger partial charge in [-0.3, -0.25) is 4.79 Å². The highest BCUT2D eigenvalue weighted by Gasteiger charge is 2.12. The maximum Gasteiger partial charge on any atom is 0.220 e. The molecule has 114 valence electrons. The molecule has 1 aliphatic rings. The fraction of sp³-hybridized carbons (Fsp3) is 0.471. The highest BCUT2D eigenvalue weighted by atomic mass is 16.5. The molecule has 1 aliphatic heterocycles. The number of benzene rings is 1. The summed E-state index contributed by atoms with van der Waals surface area (Å²) in [4.78, 5) is 12.0. The van der Waals surface area contributed by atoms with Crippen LogP contribution in [0.4, 0.5) is 0 Å². The van der Waals surface area contributed by atoms with Crippen LogP contribution in [0.3, 0.4) is 0 Å². The van der Waals surface area contributed by atoms with Gasteiger partial charge in [0.25, 0.3) is 0 Å². The van der Waals surface area contributed by atoms with E-state index in [1.54, 1.807) is 7.11 Å². The van der Waals surface area contributed by atoms with Crippen LogP contribution in [0.2, 0.25) is 0 Å². The van der Waals surface area contributed by atoms with Gasteiger partial charge in [-0.1, -0.05) is 30.7 Å². The van der Waals surface area contributed by atoms with Gasteiger partial charge in [0.05, 0.1) is 7.11 Å². The predicted octanol–water partition coefficient (Wildman–Crippen LogP) is 2.22. The highest BCUT2D eigenvalue weighted by Crippen LogP contribution is 2.23. The third-order valence-corrected chi connectivity index (χ3v) is 3.82. The molecule has 2 N–H and O–H groups in total. The van der Waals surface area contributed by atoms with Gasteiger partial charge in [0.1, 0.15) is 5.75 Å². The summed E-state index contributed by atoms with van der Waals surface area (Å²) in [5.74, 6) is 1.12. The number of methoxy groups -OCH3 is 1. The molecular formula is C17H24N2O2. The molecule has 2 rings (SSSR count). The smallest absolute Gasteiger partial charge is 0.220 e. The highest BCUT2D eigenvalue weighted by molar-refractivity contribution is 5.77. The third kappa shape index (κ3) is 4.90. The van der Waals surface area contributed by atoms with Gasteiger partial charge in [0.2, 0.25) is 5.91 Å². The molecule has 4 nitrogen and oxygen atoms in total. The summed E-state index contributed by atoms with van der Waals surface area (Å²) >= 11 is 0. The van der Waals surface area contributed by atoms with Crippen molar-refractivity contribution in [3.8, 4) is 5.75 Å². The molecule has 0 saturated heterocycles. The first-order chi connectivity index (χ1) is 10.2. The molecule has 1 unspecified atom stereocenters. The first-order valence-corrected chi connectivity index (χ1v) is 7.48. The number of hydrogen-bond donors (Lipinski definition) is 2. The summed E-state index contributed by atoms with van der Waals surface area (Å²) in [6.07, 6.45) is 3.68. The van der Waals surface area contributed by atoms with E-state index in [-0.39, 0.29) is 11.8 Å². The molecule has 0 aliphatic carbocycles. The van der Waals surface area contributed by atoms with E-state index in [0.29, 0.717) is 13.0 Å². The monoisotopic (exact) mass is 288 g/mol. The molecule has 1 aromatic rings. The normalized spacial score (nSPS) is 16.0. The largest absolute Gasteiger partial charge is 0.497 e. The number of amides is 1. The van der Waals surface area contributed by atoms with E-state index in [0.717, 1.165) is 30.8 Å². The van der Waals surface area contributed by atoms with Gasteiger partial charge in [0.15, 0.2) is 0 Å². The fourth-order valence-corrected chi connectivity index (χ4v) is 2.46. The number of carbonyl (C=O) groups excluding carboxylic acids is 1. The van der Waals surface area contributed by atoms with E-state index in [2.05, 4.69) is 23.6 Å². The van der Waals surface area contributed by atoms with Gasteiger partial charge in [-0.25, -0.2) is 0 Å². The van der Waals surface area contributed by atoms with Crippen LogP contribution in [0.25, 0.3) is 0 Å². The maximum atomic E-state index is 12.0. The first kappa shape index (κ1) is 15.6. The summed E-state index contributed by atoms with van der Waals surface area (Å²) in [5, 5.41) is 6.28. The lowest BCUT2D eigenvalue weighted by atomic mass is 9.97. The van der Waals surface area contributed by atoms with Gasteiger partial charge in [-0.05, 0) is 36.6 Å². The molecule has 21 heavy (non-hydrogen) atoms. The molecule has 0 radical (unpaired) electrons. The minimum absolute atomic E-state index is 0.102. The number of ether oxygens (including phenoxy) is 1. The van der Waals surface area contributed by atoms with Crippen LogP contribution in [0, 0.1) is 0 Å². The van der Waals surface area contributed by atoms with Crippen molar-refractivity contribution in [2.45, 2.75) is 25.7 Å². The quantitative estimate of drug-likeness (QED) is 0.789.